The second-order valence-corrected chi connectivity index (χ2v) is 5.22. The largest absolute Gasteiger partial charge is 0.435 e. The lowest BCUT2D eigenvalue weighted by Gasteiger charge is -2.08. The molecule has 4 nitrogen and oxygen atoms in total. The highest BCUT2D eigenvalue weighted by molar-refractivity contribution is 5.90. The minimum Gasteiger partial charge on any atom is -0.324 e. The Bertz CT molecular complexity index is 645. The summed E-state index contributed by atoms with van der Waals surface area (Å²) in [5.41, 5.74) is 0.721. The minimum absolute atomic E-state index is 0.276. The van der Waals surface area contributed by atoms with E-state index in [1.807, 2.05) is 12.1 Å². The number of alkyl halides is 3. The summed E-state index contributed by atoms with van der Waals surface area (Å²) >= 11 is 0. The van der Waals surface area contributed by atoms with Crippen molar-refractivity contribution in [3.05, 3.63) is 47.8 Å². The van der Waals surface area contributed by atoms with Crippen molar-refractivity contribution in [3.8, 4) is 0 Å². The van der Waals surface area contributed by atoms with E-state index in [0.717, 1.165) is 22.5 Å². The topological polar surface area (TPSA) is 46.9 Å². The van der Waals surface area contributed by atoms with Crippen LogP contribution < -0.4 is 5.32 Å². The number of hydrogen-bond donors (Lipinski definition) is 1. The SMILES string of the molecule is CC(C)c1ccc(NC(=O)Cn2ccc(C(F)(F)F)n2)cc1. The third-order valence-corrected chi connectivity index (χ3v) is 3.10. The van der Waals surface area contributed by atoms with Crippen molar-refractivity contribution in [1.82, 2.24) is 9.78 Å². The molecule has 0 aliphatic heterocycles. The highest BCUT2D eigenvalue weighted by Crippen LogP contribution is 2.27. The van der Waals surface area contributed by atoms with Gasteiger partial charge in [-0.2, -0.15) is 18.3 Å². The van der Waals surface area contributed by atoms with Crippen LogP contribution in [0, 0.1) is 0 Å². The first-order valence-corrected chi connectivity index (χ1v) is 6.76. The Kier molecular flexibility index (Phi) is 4.54. The summed E-state index contributed by atoms with van der Waals surface area (Å²) in [5, 5.41) is 5.95. The molecule has 2 aromatic rings. The lowest BCUT2D eigenvalue weighted by atomic mass is 10.0. The summed E-state index contributed by atoms with van der Waals surface area (Å²) < 4.78 is 38.2. The number of carbonyl (C=O) groups is 1. The molecule has 0 atom stereocenters. The van der Waals surface area contributed by atoms with E-state index in [4.69, 9.17) is 0 Å². The van der Waals surface area contributed by atoms with Crippen LogP contribution in [-0.4, -0.2) is 15.7 Å². The van der Waals surface area contributed by atoms with Crippen LogP contribution in [0.4, 0.5) is 18.9 Å². The van der Waals surface area contributed by atoms with Gasteiger partial charge < -0.3 is 5.32 Å². The van der Waals surface area contributed by atoms with Crippen LogP contribution in [0.25, 0.3) is 0 Å². The van der Waals surface area contributed by atoms with E-state index in [-0.39, 0.29) is 6.54 Å². The molecule has 0 saturated carbocycles. The van der Waals surface area contributed by atoms with Gasteiger partial charge in [-0.05, 0) is 29.7 Å². The summed E-state index contributed by atoms with van der Waals surface area (Å²) in [7, 11) is 0. The first-order valence-electron chi connectivity index (χ1n) is 6.76. The summed E-state index contributed by atoms with van der Waals surface area (Å²) in [6.45, 7) is 3.84. The number of nitrogens with one attached hydrogen (secondary N) is 1. The van der Waals surface area contributed by atoms with Crippen LogP contribution in [0.3, 0.4) is 0 Å². The number of amides is 1. The van der Waals surface area contributed by atoms with Gasteiger partial charge in [0, 0.05) is 11.9 Å². The molecule has 1 aromatic heterocycles. The number of nitrogens with zero attached hydrogens (tertiary/aromatic N) is 2. The maximum absolute atomic E-state index is 12.4. The van der Waals surface area contributed by atoms with E-state index in [2.05, 4.69) is 24.3 Å². The zero-order valence-electron chi connectivity index (χ0n) is 12.2. The predicted octanol–water partition coefficient (Wildman–Crippen LogP) is 3.66. The van der Waals surface area contributed by atoms with Crippen molar-refractivity contribution in [1.29, 1.82) is 0 Å². The molecule has 1 N–H and O–H groups in total. The number of benzene rings is 1. The van der Waals surface area contributed by atoms with Gasteiger partial charge >= 0.3 is 6.18 Å². The maximum atomic E-state index is 12.4. The second kappa shape index (κ2) is 6.21. The van der Waals surface area contributed by atoms with Gasteiger partial charge in [0.1, 0.15) is 6.54 Å². The maximum Gasteiger partial charge on any atom is 0.435 e. The van der Waals surface area contributed by atoms with E-state index in [1.54, 1.807) is 12.1 Å². The fourth-order valence-electron chi connectivity index (χ4n) is 1.90. The molecule has 0 unspecified atom stereocenters. The fourth-order valence-corrected chi connectivity index (χ4v) is 1.90. The molecule has 0 spiro atoms. The average Bonchev–Trinajstić information content (AvgIpc) is 2.87. The summed E-state index contributed by atoms with van der Waals surface area (Å²) in [6.07, 6.45) is -3.38. The van der Waals surface area contributed by atoms with Crippen LogP contribution in [0.1, 0.15) is 31.0 Å². The van der Waals surface area contributed by atoms with Crippen LogP contribution in [0.15, 0.2) is 36.5 Å². The molecule has 2 rings (SSSR count). The normalized spacial score (nSPS) is 11.7. The lowest BCUT2D eigenvalue weighted by Crippen LogP contribution is -2.19. The average molecular weight is 311 g/mol. The summed E-state index contributed by atoms with van der Waals surface area (Å²) in [5.74, 6) is -0.0521. The Hall–Kier alpha value is -2.31. The Labute approximate surface area is 125 Å². The van der Waals surface area contributed by atoms with Gasteiger partial charge in [0.2, 0.25) is 5.91 Å². The summed E-state index contributed by atoms with van der Waals surface area (Å²) in [4.78, 5) is 11.8. The van der Waals surface area contributed by atoms with Crippen molar-refractivity contribution in [2.75, 3.05) is 5.32 Å². The highest BCUT2D eigenvalue weighted by Gasteiger charge is 2.33. The molecule has 7 heteroatoms. The monoisotopic (exact) mass is 311 g/mol. The molecule has 0 saturated heterocycles. The highest BCUT2D eigenvalue weighted by atomic mass is 19.4. The third kappa shape index (κ3) is 4.09. The van der Waals surface area contributed by atoms with Crippen LogP contribution >= 0.6 is 0 Å². The van der Waals surface area contributed by atoms with Gasteiger partial charge in [0.05, 0.1) is 0 Å². The Morgan fingerprint density at radius 3 is 2.36 bits per heavy atom. The lowest BCUT2D eigenvalue weighted by molar-refractivity contribution is -0.141. The van der Waals surface area contributed by atoms with E-state index < -0.39 is 17.8 Å². The number of aromatic nitrogens is 2. The molecule has 118 valence electrons. The zero-order chi connectivity index (χ0) is 16.3. The molecule has 0 aliphatic carbocycles. The first kappa shape index (κ1) is 16.1. The van der Waals surface area contributed by atoms with Crippen molar-refractivity contribution in [3.63, 3.8) is 0 Å². The Balaban J connectivity index is 1.96. The molecule has 0 fully saturated rings. The van der Waals surface area contributed by atoms with Crippen LogP contribution in [0.5, 0.6) is 0 Å². The summed E-state index contributed by atoms with van der Waals surface area (Å²) in [6, 6.07) is 8.16. The molecule has 22 heavy (non-hydrogen) atoms. The van der Waals surface area contributed by atoms with Gasteiger partial charge in [0.25, 0.3) is 0 Å². The number of carbonyl (C=O) groups excluding carboxylic acids is 1. The van der Waals surface area contributed by atoms with E-state index in [0.29, 0.717) is 11.6 Å². The zero-order valence-corrected chi connectivity index (χ0v) is 12.2. The predicted molar refractivity (Wildman–Crippen MR) is 76.4 cm³/mol. The van der Waals surface area contributed by atoms with Gasteiger partial charge in [0.15, 0.2) is 5.69 Å². The Morgan fingerprint density at radius 2 is 1.86 bits per heavy atom. The molecule has 1 amide bonds. The number of halogens is 3. The van der Waals surface area contributed by atoms with Gasteiger partial charge in [-0.25, -0.2) is 0 Å². The molecule has 1 aromatic carbocycles. The third-order valence-electron chi connectivity index (χ3n) is 3.10. The minimum atomic E-state index is -4.51. The van der Waals surface area contributed by atoms with Gasteiger partial charge in [-0.3, -0.25) is 9.48 Å². The molecule has 0 radical (unpaired) electrons. The molecule has 1 heterocycles. The molecular weight excluding hydrogens is 295 g/mol. The number of hydrogen-bond acceptors (Lipinski definition) is 2. The molecular formula is C15H16F3N3O. The quantitative estimate of drug-likeness (QED) is 0.936. The van der Waals surface area contributed by atoms with Gasteiger partial charge in [-0.15, -0.1) is 0 Å². The van der Waals surface area contributed by atoms with E-state index >= 15 is 0 Å². The fraction of sp³-hybridized carbons (Fsp3) is 0.333. The Morgan fingerprint density at radius 1 is 1.23 bits per heavy atom. The van der Waals surface area contributed by atoms with Gasteiger partial charge in [-0.1, -0.05) is 26.0 Å². The first-order chi connectivity index (χ1) is 10.3. The van der Waals surface area contributed by atoms with Crippen molar-refractivity contribution < 1.29 is 18.0 Å². The number of anilines is 1. The van der Waals surface area contributed by atoms with Crippen LogP contribution in [-0.2, 0) is 17.5 Å². The standard InChI is InChI=1S/C15H16F3N3O/c1-10(2)11-3-5-12(6-4-11)19-14(22)9-21-8-7-13(20-21)15(16,17)18/h3-8,10H,9H2,1-2H3,(H,19,22). The molecule has 0 bridgehead atoms. The van der Waals surface area contributed by atoms with E-state index in [1.165, 1.54) is 0 Å². The van der Waals surface area contributed by atoms with E-state index in [9.17, 15) is 18.0 Å². The molecule has 0 aliphatic rings. The van der Waals surface area contributed by atoms with Crippen LogP contribution in [0.2, 0.25) is 0 Å². The van der Waals surface area contributed by atoms with Crippen molar-refractivity contribution in [2.45, 2.75) is 32.5 Å². The number of rotatable bonds is 4. The second-order valence-electron chi connectivity index (χ2n) is 5.22. The van der Waals surface area contributed by atoms with Crippen molar-refractivity contribution >= 4 is 11.6 Å². The smallest absolute Gasteiger partial charge is 0.324 e. The van der Waals surface area contributed by atoms with Crippen molar-refractivity contribution in [2.24, 2.45) is 0 Å².